The summed E-state index contributed by atoms with van der Waals surface area (Å²) >= 11 is 0. The third-order valence-corrected chi connectivity index (χ3v) is 3.76. The van der Waals surface area contributed by atoms with E-state index in [2.05, 4.69) is 5.32 Å². The second-order valence-corrected chi connectivity index (χ2v) is 5.59. The van der Waals surface area contributed by atoms with Crippen LogP contribution in [0.5, 0.6) is 5.75 Å². The summed E-state index contributed by atoms with van der Waals surface area (Å²) in [6, 6.07) is 4.76. The van der Waals surface area contributed by atoms with E-state index in [1.165, 1.54) is 30.0 Å². The molecule has 8 heteroatoms. The minimum absolute atomic E-state index is 0.127. The molecule has 0 bridgehead atoms. The van der Waals surface area contributed by atoms with E-state index in [0.29, 0.717) is 6.54 Å². The zero-order chi connectivity index (χ0) is 17.9. The lowest BCUT2D eigenvalue weighted by Crippen LogP contribution is -2.58. The van der Waals surface area contributed by atoms with E-state index in [9.17, 15) is 22.8 Å². The van der Waals surface area contributed by atoms with Crippen molar-refractivity contribution in [2.24, 2.45) is 5.92 Å². The number of hydrogen-bond acceptors (Lipinski definition) is 3. The lowest BCUT2D eigenvalue weighted by Gasteiger charge is -2.39. The first-order valence-corrected chi connectivity index (χ1v) is 7.63. The van der Waals surface area contributed by atoms with E-state index in [4.69, 9.17) is 4.74 Å². The lowest BCUT2D eigenvalue weighted by molar-refractivity contribution is -0.150. The van der Waals surface area contributed by atoms with Crippen molar-refractivity contribution < 1.29 is 27.5 Å². The monoisotopic (exact) mass is 344 g/mol. The Morgan fingerprint density at radius 2 is 1.96 bits per heavy atom. The minimum atomic E-state index is -4.56. The van der Waals surface area contributed by atoms with Gasteiger partial charge in [0, 0.05) is 19.6 Å². The van der Waals surface area contributed by atoms with Crippen molar-refractivity contribution in [3.05, 3.63) is 29.8 Å². The van der Waals surface area contributed by atoms with E-state index < -0.39 is 23.8 Å². The smallest absolute Gasteiger partial charge is 0.419 e. The Labute approximate surface area is 137 Å². The second kappa shape index (κ2) is 7.11. The number of amides is 2. The van der Waals surface area contributed by atoms with Gasteiger partial charge in [0.1, 0.15) is 5.75 Å². The predicted molar refractivity (Wildman–Crippen MR) is 80.3 cm³/mol. The number of benzene rings is 1. The predicted octanol–water partition coefficient (Wildman–Crippen LogP) is 2.07. The van der Waals surface area contributed by atoms with E-state index in [1.54, 1.807) is 6.92 Å². The average Bonchev–Trinajstić information content (AvgIpc) is 2.45. The first-order chi connectivity index (χ1) is 11.2. The van der Waals surface area contributed by atoms with Gasteiger partial charge in [0.25, 0.3) is 5.91 Å². The number of alkyl halides is 3. The standard InChI is InChI=1S/C16H19F3N2O3/c1-3-20-14(22)11-8-21(9-11)15(23)10(2)24-13-7-5-4-6-12(13)16(17,18)19/h4-7,10-11H,3,8-9H2,1-2H3,(H,20,22)/t10-/m0/s1. The highest BCUT2D eigenvalue weighted by atomic mass is 19.4. The molecule has 0 unspecified atom stereocenters. The highest BCUT2D eigenvalue weighted by molar-refractivity contribution is 5.86. The fourth-order valence-electron chi connectivity index (χ4n) is 2.44. The molecule has 1 heterocycles. The second-order valence-electron chi connectivity index (χ2n) is 5.59. The highest BCUT2D eigenvalue weighted by Gasteiger charge is 2.39. The molecule has 1 N–H and O–H groups in total. The Bertz CT molecular complexity index is 613. The van der Waals surface area contributed by atoms with Crippen LogP contribution in [-0.2, 0) is 15.8 Å². The van der Waals surface area contributed by atoms with Gasteiger partial charge in [0.15, 0.2) is 6.10 Å². The van der Waals surface area contributed by atoms with Crippen LogP contribution in [0.2, 0.25) is 0 Å². The zero-order valence-corrected chi connectivity index (χ0v) is 13.4. The molecule has 0 radical (unpaired) electrons. The molecule has 1 fully saturated rings. The van der Waals surface area contributed by atoms with E-state index >= 15 is 0 Å². The molecule has 1 aliphatic rings. The summed E-state index contributed by atoms with van der Waals surface area (Å²) in [5.41, 5.74) is -0.923. The first-order valence-electron chi connectivity index (χ1n) is 7.63. The van der Waals surface area contributed by atoms with Crippen molar-refractivity contribution in [1.82, 2.24) is 10.2 Å². The number of carbonyl (C=O) groups excluding carboxylic acids is 2. The van der Waals surface area contributed by atoms with Crippen LogP contribution in [0.4, 0.5) is 13.2 Å². The maximum absolute atomic E-state index is 12.9. The van der Waals surface area contributed by atoms with Crippen LogP contribution in [0.1, 0.15) is 19.4 Å². The Balaban J connectivity index is 1.96. The Morgan fingerprint density at radius 3 is 2.54 bits per heavy atom. The molecule has 1 saturated heterocycles. The Hall–Kier alpha value is -2.25. The summed E-state index contributed by atoms with van der Waals surface area (Å²) in [5.74, 6) is -1.22. The number of likely N-dealkylation sites (tertiary alicyclic amines) is 1. The minimum Gasteiger partial charge on any atom is -0.480 e. The van der Waals surface area contributed by atoms with Gasteiger partial charge >= 0.3 is 6.18 Å². The van der Waals surface area contributed by atoms with Crippen LogP contribution < -0.4 is 10.1 Å². The summed E-state index contributed by atoms with van der Waals surface area (Å²) in [5, 5.41) is 2.67. The number of nitrogens with zero attached hydrogens (tertiary/aromatic N) is 1. The number of para-hydroxylation sites is 1. The van der Waals surface area contributed by atoms with Crippen LogP contribution in [0.25, 0.3) is 0 Å². The summed E-state index contributed by atoms with van der Waals surface area (Å²) in [6.45, 7) is 4.21. The molecule has 132 valence electrons. The highest BCUT2D eigenvalue weighted by Crippen LogP contribution is 2.36. The summed E-state index contributed by atoms with van der Waals surface area (Å²) < 4.78 is 44.0. The molecule has 0 aliphatic carbocycles. The number of carbonyl (C=O) groups is 2. The quantitative estimate of drug-likeness (QED) is 0.890. The molecule has 1 aromatic carbocycles. The number of ether oxygens (including phenoxy) is 1. The van der Waals surface area contributed by atoms with Gasteiger partial charge in [-0.15, -0.1) is 0 Å². The maximum atomic E-state index is 12.9. The molecule has 1 aromatic rings. The molecule has 2 amide bonds. The molecule has 1 aliphatic heterocycles. The van der Waals surface area contributed by atoms with E-state index in [1.807, 2.05) is 0 Å². The van der Waals surface area contributed by atoms with E-state index in [-0.39, 0.29) is 30.7 Å². The molecular weight excluding hydrogens is 325 g/mol. The van der Waals surface area contributed by atoms with Crippen LogP contribution in [-0.4, -0.2) is 42.5 Å². The molecule has 0 spiro atoms. The fraction of sp³-hybridized carbons (Fsp3) is 0.500. The summed E-state index contributed by atoms with van der Waals surface area (Å²) in [6.07, 6.45) is -5.62. The SMILES string of the molecule is CCNC(=O)C1CN(C(=O)[C@H](C)Oc2ccccc2C(F)(F)F)C1. The van der Waals surface area contributed by atoms with Crippen LogP contribution in [0, 0.1) is 5.92 Å². The van der Waals surface area contributed by atoms with Crippen LogP contribution in [0.15, 0.2) is 24.3 Å². The van der Waals surface area contributed by atoms with Crippen LogP contribution >= 0.6 is 0 Å². The number of halogens is 3. The van der Waals surface area contributed by atoms with Gasteiger partial charge in [0.05, 0.1) is 11.5 Å². The van der Waals surface area contributed by atoms with Gasteiger partial charge in [-0.05, 0) is 26.0 Å². The maximum Gasteiger partial charge on any atom is 0.419 e. The third-order valence-electron chi connectivity index (χ3n) is 3.76. The summed E-state index contributed by atoms with van der Waals surface area (Å²) in [7, 11) is 0. The third kappa shape index (κ3) is 3.98. The molecular formula is C16H19F3N2O3. The topological polar surface area (TPSA) is 58.6 Å². The van der Waals surface area contributed by atoms with Gasteiger partial charge in [-0.25, -0.2) is 0 Å². The molecule has 0 aromatic heterocycles. The van der Waals surface area contributed by atoms with Gasteiger partial charge in [0.2, 0.25) is 5.91 Å². The fourth-order valence-corrected chi connectivity index (χ4v) is 2.44. The van der Waals surface area contributed by atoms with Crippen molar-refractivity contribution >= 4 is 11.8 Å². The van der Waals surface area contributed by atoms with Gasteiger partial charge < -0.3 is 15.0 Å². The zero-order valence-electron chi connectivity index (χ0n) is 13.4. The molecule has 5 nitrogen and oxygen atoms in total. The average molecular weight is 344 g/mol. The van der Waals surface area contributed by atoms with Gasteiger partial charge in [-0.1, -0.05) is 12.1 Å². The molecule has 1 atom stereocenters. The molecule has 24 heavy (non-hydrogen) atoms. The van der Waals surface area contributed by atoms with Crippen molar-refractivity contribution in [3.8, 4) is 5.75 Å². The number of rotatable bonds is 5. The number of hydrogen-bond donors (Lipinski definition) is 1. The molecule has 2 rings (SSSR count). The number of nitrogens with one attached hydrogen (secondary N) is 1. The largest absolute Gasteiger partial charge is 0.480 e. The van der Waals surface area contributed by atoms with E-state index in [0.717, 1.165) is 6.07 Å². The summed E-state index contributed by atoms with van der Waals surface area (Å²) in [4.78, 5) is 25.2. The normalized spacial score (nSPS) is 16.3. The Kier molecular flexibility index (Phi) is 5.36. The first kappa shape index (κ1) is 18.1. The molecule has 0 saturated carbocycles. The van der Waals surface area contributed by atoms with Crippen molar-refractivity contribution in [2.75, 3.05) is 19.6 Å². The van der Waals surface area contributed by atoms with Gasteiger partial charge in [-0.3, -0.25) is 9.59 Å². The van der Waals surface area contributed by atoms with Crippen LogP contribution in [0.3, 0.4) is 0 Å². The van der Waals surface area contributed by atoms with Crippen molar-refractivity contribution in [1.29, 1.82) is 0 Å². The van der Waals surface area contributed by atoms with Crippen molar-refractivity contribution in [3.63, 3.8) is 0 Å². The van der Waals surface area contributed by atoms with Crippen molar-refractivity contribution in [2.45, 2.75) is 26.1 Å². The lowest BCUT2D eigenvalue weighted by atomic mass is 9.98. The Morgan fingerprint density at radius 1 is 1.33 bits per heavy atom. The van der Waals surface area contributed by atoms with Gasteiger partial charge in [-0.2, -0.15) is 13.2 Å².